The lowest BCUT2D eigenvalue weighted by Crippen LogP contribution is -2.47. The summed E-state index contributed by atoms with van der Waals surface area (Å²) in [5, 5.41) is -0.619. The number of halogens is 4. The van der Waals surface area contributed by atoms with Crippen LogP contribution in [0.15, 0.2) is 17.2 Å². The Morgan fingerprint density at radius 1 is 1.35 bits per heavy atom. The van der Waals surface area contributed by atoms with Gasteiger partial charge in [-0.3, -0.25) is 0 Å². The Morgan fingerprint density at radius 3 is 2.40 bits per heavy atom. The Bertz CT molecular complexity index is 611. The highest BCUT2D eigenvalue weighted by atomic mass is 32.2. The van der Waals surface area contributed by atoms with E-state index in [2.05, 4.69) is 4.98 Å². The number of nitrogens with one attached hydrogen (secondary N) is 1. The van der Waals surface area contributed by atoms with Gasteiger partial charge in [0.15, 0.2) is 5.03 Å². The first kappa shape index (κ1) is 15.2. The van der Waals surface area contributed by atoms with E-state index in [1.165, 1.54) is 6.92 Å². The van der Waals surface area contributed by atoms with Crippen LogP contribution in [0.4, 0.5) is 17.6 Å². The Kier molecular flexibility index (Phi) is 3.76. The molecule has 1 unspecified atom stereocenters. The van der Waals surface area contributed by atoms with Gasteiger partial charge in [0.1, 0.15) is 11.9 Å². The minimum atomic E-state index is -4.66. The van der Waals surface area contributed by atoms with Crippen molar-refractivity contribution in [3.05, 3.63) is 23.6 Å². The van der Waals surface area contributed by atoms with E-state index >= 15 is 0 Å². The summed E-state index contributed by atoms with van der Waals surface area (Å²) in [6.45, 7) is 1.23. The van der Waals surface area contributed by atoms with Crippen molar-refractivity contribution in [1.29, 1.82) is 0 Å². The first-order chi connectivity index (χ1) is 9.11. The Hall–Kier alpha value is -1.22. The minimum Gasteiger partial charge on any atom is -0.237 e. The van der Waals surface area contributed by atoms with Crippen LogP contribution in [-0.2, 0) is 10.0 Å². The van der Waals surface area contributed by atoms with Gasteiger partial charge in [0.25, 0.3) is 10.0 Å². The number of aryl methyl sites for hydroxylation is 1. The highest BCUT2D eigenvalue weighted by Gasteiger charge is 2.50. The average Bonchev–Trinajstić information content (AvgIpc) is 3.12. The van der Waals surface area contributed by atoms with E-state index in [0.29, 0.717) is 12.8 Å². The lowest BCUT2D eigenvalue weighted by molar-refractivity contribution is -0.155. The van der Waals surface area contributed by atoms with E-state index in [0.717, 1.165) is 12.1 Å². The summed E-state index contributed by atoms with van der Waals surface area (Å²) in [6.07, 6.45) is -4.02. The number of hydrogen-bond acceptors (Lipinski definition) is 3. The minimum absolute atomic E-state index is 0.192. The molecule has 4 nitrogen and oxygen atoms in total. The molecule has 112 valence electrons. The molecule has 1 N–H and O–H groups in total. The second kappa shape index (κ2) is 4.96. The number of alkyl halides is 3. The Balaban J connectivity index is 2.27. The van der Waals surface area contributed by atoms with Gasteiger partial charge in [-0.05, 0) is 37.8 Å². The molecule has 1 heterocycles. The second-order valence-corrected chi connectivity index (χ2v) is 6.36. The quantitative estimate of drug-likeness (QED) is 0.867. The first-order valence-corrected chi connectivity index (χ1v) is 7.32. The molecular weight excluding hydrogens is 300 g/mol. The van der Waals surface area contributed by atoms with Gasteiger partial charge in [-0.1, -0.05) is 0 Å². The summed E-state index contributed by atoms with van der Waals surface area (Å²) in [6, 6.07) is -0.429. The molecule has 0 aliphatic heterocycles. The number of rotatable bonds is 4. The molecule has 0 radical (unpaired) electrons. The third-order valence-corrected chi connectivity index (χ3v) is 4.34. The molecule has 1 atom stereocenters. The predicted octanol–water partition coefficient (Wildman–Crippen LogP) is 2.15. The van der Waals surface area contributed by atoms with Crippen molar-refractivity contribution in [2.24, 2.45) is 5.92 Å². The van der Waals surface area contributed by atoms with Gasteiger partial charge in [0, 0.05) is 0 Å². The van der Waals surface area contributed by atoms with Crippen LogP contribution in [0.5, 0.6) is 0 Å². The zero-order chi connectivity index (χ0) is 15.1. The zero-order valence-corrected chi connectivity index (χ0v) is 11.2. The molecule has 0 bridgehead atoms. The fourth-order valence-corrected chi connectivity index (χ4v) is 3.04. The topological polar surface area (TPSA) is 59.1 Å². The second-order valence-electron chi connectivity index (χ2n) is 4.69. The molecule has 1 fully saturated rings. The summed E-state index contributed by atoms with van der Waals surface area (Å²) in [5.74, 6) is -1.47. The van der Waals surface area contributed by atoms with Crippen LogP contribution in [0.1, 0.15) is 18.5 Å². The van der Waals surface area contributed by atoms with Gasteiger partial charge >= 0.3 is 6.18 Å². The lowest BCUT2D eigenvalue weighted by atomic mass is 10.2. The maximum Gasteiger partial charge on any atom is 0.405 e. The molecule has 0 saturated heterocycles. The number of aromatic nitrogens is 1. The third kappa shape index (κ3) is 3.26. The number of nitrogens with zero attached hydrogens (tertiary/aromatic N) is 1. The molecule has 0 aromatic carbocycles. The molecule has 0 amide bonds. The van der Waals surface area contributed by atoms with Gasteiger partial charge in [-0.2, -0.15) is 17.9 Å². The Morgan fingerprint density at radius 2 is 1.95 bits per heavy atom. The summed E-state index contributed by atoms with van der Waals surface area (Å²) >= 11 is 0. The summed E-state index contributed by atoms with van der Waals surface area (Å²) in [4.78, 5) is 3.47. The first-order valence-electron chi connectivity index (χ1n) is 5.83. The molecule has 9 heteroatoms. The molecule has 1 aromatic heterocycles. The summed E-state index contributed by atoms with van der Waals surface area (Å²) in [5.41, 5.74) is -0.192. The highest BCUT2D eigenvalue weighted by Crippen LogP contribution is 2.40. The largest absolute Gasteiger partial charge is 0.405 e. The van der Waals surface area contributed by atoms with Gasteiger partial charge in [-0.15, -0.1) is 0 Å². The van der Waals surface area contributed by atoms with Crippen molar-refractivity contribution in [2.45, 2.75) is 37.0 Å². The number of pyridine rings is 1. The van der Waals surface area contributed by atoms with E-state index in [9.17, 15) is 26.0 Å². The predicted molar refractivity (Wildman–Crippen MR) is 61.8 cm³/mol. The SMILES string of the molecule is Cc1nc(S(=O)(=O)NC(C2CC2)C(F)(F)F)ccc1F. The van der Waals surface area contributed by atoms with Crippen molar-refractivity contribution in [3.8, 4) is 0 Å². The molecule has 20 heavy (non-hydrogen) atoms. The van der Waals surface area contributed by atoms with Gasteiger partial charge in [0.05, 0.1) is 5.69 Å². The van der Waals surface area contributed by atoms with E-state index in [-0.39, 0.29) is 5.69 Å². The van der Waals surface area contributed by atoms with Gasteiger partial charge in [0.2, 0.25) is 0 Å². The third-order valence-electron chi connectivity index (χ3n) is 3.00. The molecule has 1 aliphatic rings. The van der Waals surface area contributed by atoms with Crippen molar-refractivity contribution in [2.75, 3.05) is 0 Å². The van der Waals surface area contributed by atoms with Gasteiger partial charge < -0.3 is 0 Å². The molecule has 2 rings (SSSR count). The highest BCUT2D eigenvalue weighted by molar-refractivity contribution is 7.89. The van der Waals surface area contributed by atoms with Crippen molar-refractivity contribution in [3.63, 3.8) is 0 Å². The summed E-state index contributed by atoms with van der Waals surface area (Å²) in [7, 11) is -4.43. The van der Waals surface area contributed by atoms with Crippen molar-refractivity contribution in [1.82, 2.24) is 9.71 Å². The van der Waals surface area contributed by atoms with Crippen LogP contribution in [0.2, 0.25) is 0 Å². The monoisotopic (exact) mass is 312 g/mol. The average molecular weight is 312 g/mol. The molecule has 1 aliphatic carbocycles. The Labute approximate surface area is 113 Å². The van der Waals surface area contributed by atoms with Crippen LogP contribution < -0.4 is 4.72 Å². The number of sulfonamides is 1. The molecule has 1 saturated carbocycles. The maximum absolute atomic E-state index is 13.0. The standard InChI is InChI=1S/C11H12F4N2O2S/c1-6-8(12)4-5-9(16-6)20(18,19)17-10(7-2-3-7)11(13,14)15/h4-5,7,10,17H,2-3H2,1H3. The van der Waals surface area contributed by atoms with Gasteiger partial charge in [-0.25, -0.2) is 17.8 Å². The smallest absolute Gasteiger partial charge is 0.237 e. The van der Waals surface area contributed by atoms with E-state index in [4.69, 9.17) is 0 Å². The van der Waals surface area contributed by atoms with Crippen LogP contribution >= 0.6 is 0 Å². The molecule has 0 spiro atoms. The van der Waals surface area contributed by atoms with E-state index in [1.807, 2.05) is 0 Å². The normalized spacial score (nSPS) is 18.1. The fraction of sp³-hybridized carbons (Fsp3) is 0.545. The van der Waals surface area contributed by atoms with Crippen molar-refractivity contribution < 1.29 is 26.0 Å². The lowest BCUT2D eigenvalue weighted by Gasteiger charge is -2.20. The zero-order valence-electron chi connectivity index (χ0n) is 10.4. The van der Waals surface area contributed by atoms with Crippen LogP contribution in [-0.4, -0.2) is 25.6 Å². The molecular formula is C11H12F4N2O2S. The van der Waals surface area contributed by atoms with E-state index < -0.39 is 39.0 Å². The number of hydrogen-bond donors (Lipinski definition) is 1. The van der Waals surface area contributed by atoms with Crippen LogP contribution in [0.3, 0.4) is 0 Å². The maximum atomic E-state index is 13.0. The van der Waals surface area contributed by atoms with E-state index in [1.54, 1.807) is 4.72 Å². The van der Waals surface area contributed by atoms with Crippen molar-refractivity contribution >= 4 is 10.0 Å². The molecule has 1 aromatic rings. The van der Waals surface area contributed by atoms with Crippen LogP contribution in [0.25, 0.3) is 0 Å². The fourth-order valence-electron chi connectivity index (χ4n) is 1.76. The van der Waals surface area contributed by atoms with Crippen LogP contribution in [0, 0.1) is 18.7 Å². The summed E-state index contributed by atoms with van der Waals surface area (Å²) < 4.78 is 76.8.